The molecule has 0 bridgehead atoms. The van der Waals surface area contributed by atoms with E-state index >= 15 is 0 Å². The number of esters is 2. The molecule has 1 aliphatic heterocycles. The van der Waals surface area contributed by atoms with Crippen molar-refractivity contribution in [1.29, 1.82) is 0 Å². The summed E-state index contributed by atoms with van der Waals surface area (Å²) >= 11 is 0. The average molecular weight is 1060 g/mol. The minimum atomic E-state index is -5.44. The van der Waals surface area contributed by atoms with Gasteiger partial charge in [0.25, 0.3) is 0 Å². The lowest BCUT2D eigenvalue weighted by Crippen LogP contribution is -2.36. The van der Waals surface area contributed by atoms with E-state index in [2.05, 4.69) is 36.1 Å². The van der Waals surface area contributed by atoms with Crippen LogP contribution in [0.1, 0.15) is 207 Å². The molecule has 2 heterocycles. The maximum atomic E-state index is 12.9. The lowest BCUT2D eigenvalue weighted by atomic mass is 10.0. The van der Waals surface area contributed by atoms with Crippen LogP contribution in [0.3, 0.4) is 0 Å². The molecule has 1 aliphatic rings. The molecule has 1 fully saturated rings. The van der Waals surface area contributed by atoms with Gasteiger partial charge in [-0.05, 0) is 50.2 Å². The first kappa shape index (κ1) is 65.0. The monoisotopic (exact) mass is 1060 g/mol. The van der Waals surface area contributed by atoms with Gasteiger partial charge in [0.15, 0.2) is 18.1 Å². The largest absolute Gasteiger partial charge is 0.481 e. The Morgan fingerprint density at radius 2 is 1.28 bits per heavy atom. The summed E-state index contributed by atoms with van der Waals surface area (Å²) in [7, 11) is -10.9. The third-order valence-electron chi connectivity index (χ3n) is 12.2. The maximum absolute atomic E-state index is 12.9. The van der Waals surface area contributed by atoms with E-state index in [0.29, 0.717) is 25.7 Å². The molecule has 0 saturated carbocycles. The summed E-state index contributed by atoms with van der Waals surface area (Å²) in [6, 6.07) is 1.24. The van der Waals surface area contributed by atoms with Crippen LogP contribution in [0.25, 0.3) is 0 Å². The number of allylic oxidation sites excluding steroid dienone is 4. The zero-order valence-corrected chi connectivity index (χ0v) is 45.2. The van der Waals surface area contributed by atoms with Crippen LogP contribution in [0, 0.1) is 5.92 Å². The van der Waals surface area contributed by atoms with Crippen molar-refractivity contribution in [3.8, 4) is 0 Å². The van der Waals surface area contributed by atoms with E-state index < -0.39 is 83.7 Å². The molecule has 6 N–H and O–H groups in total. The normalized spacial score (nSPS) is 19.2. The minimum Gasteiger partial charge on any atom is -0.462 e. The van der Waals surface area contributed by atoms with Gasteiger partial charge < -0.3 is 39.9 Å². The van der Waals surface area contributed by atoms with E-state index in [9.17, 15) is 48.3 Å². The fraction of sp³-hybridized carbons (Fsp3) is 0.784. The number of carbonyl (C=O) groups is 3. The van der Waals surface area contributed by atoms with Gasteiger partial charge in [0.1, 0.15) is 30.7 Å². The summed E-state index contributed by atoms with van der Waals surface area (Å²) in [6.45, 7) is 4.33. The topological polar surface area (TPSA) is 283 Å². The zero-order chi connectivity index (χ0) is 53.0. The molecule has 2 rings (SSSR count). The highest BCUT2D eigenvalue weighted by molar-refractivity contribution is 7.61. The Labute approximate surface area is 428 Å². The molecule has 1 aromatic heterocycles. The number of carbonyl (C=O) groups excluding carboxylic acids is 3. The Hall–Kier alpha value is -3.09. The third kappa shape index (κ3) is 31.6. The van der Waals surface area contributed by atoms with Gasteiger partial charge in [-0.15, -0.1) is 0 Å². The Kier molecular flexibility index (Phi) is 34.7. The summed E-state index contributed by atoms with van der Waals surface area (Å²) in [4.78, 5) is 74.1. The molecule has 7 atom stereocenters. The second kappa shape index (κ2) is 38.5. The Morgan fingerprint density at radius 3 is 1.85 bits per heavy atom. The summed E-state index contributed by atoms with van der Waals surface area (Å²) < 4.78 is 56.8. The molecule has 0 aliphatic carbocycles. The van der Waals surface area contributed by atoms with Gasteiger partial charge in [0.2, 0.25) is 0 Å². The van der Waals surface area contributed by atoms with E-state index in [4.69, 9.17) is 29.0 Å². The predicted octanol–water partition coefficient (Wildman–Crippen LogP) is 10.4. The Bertz CT molecular complexity index is 1880. The van der Waals surface area contributed by atoms with Crippen molar-refractivity contribution < 1.29 is 71.1 Å². The first-order valence-corrected chi connectivity index (χ1v) is 29.7. The number of nitrogens with two attached hydrogens (primary N) is 1. The number of hydrogen-bond acceptors (Lipinski definition) is 16. The summed E-state index contributed by atoms with van der Waals surface area (Å²) in [5, 5.41) is 20.9. The number of aliphatic hydroxyl groups is 2. The van der Waals surface area contributed by atoms with Crippen LogP contribution in [0.15, 0.2) is 41.4 Å². The quantitative estimate of drug-likeness (QED) is 0.0133. The van der Waals surface area contributed by atoms with Crippen LogP contribution in [0.4, 0.5) is 5.82 Å². The van der Waals surface area contributed by atoms with Crippen molar-refractivity contribution in [3.63, 3.8) is 0 Å². The van der Waals surface area contributed by atoms with Crippen molar-refractivity contribution >= 4 is 39.2 Å². The van der Waals surface area contributed by atoms with Gasteiger partial charge in [0.05, 0.1) is 13.2 Å². The summed E-state index contributed by atoms with van der Waals surface area (Å²) in [5.41, 5.74) is 4.58. The number of unbranched alkanes of at least 4 members (excludes halogenated alkanes) is 21. The van der Waals surface area contributed by atoms with Crippen LogP contribution in [-0.4, -0.2) is 91.5 Å². The number of ketones is 1. The van der Waals surface area contributed by atoms with Gasteiger partial charge in [-0.2, -0.15) is 9.29 Å². The highest BCUT2D eigenvalue weighted by atomic mass is 31.3. The van der Waals surface area contributed by atoms with Crippen molar-refractivity contribution in [2.45, 2.75) is 231 Å². The predicted molar refractivity (Wildman–Crippen MR) is 275 cm³/mol. The first-order chi connectivity index (χ1) is 34.4. The second-order valence-electron chi connectivity index (χ2n) is 19.2. The molecular weight excluding hydrogens is 973 g/mol. The van der Waals surface area contributed by atoms with E-state index in [1.165, 1.54) is 89.5 Å². The smallest absolute Gasteiger partial charge is 0.462 e. The van der Waals surface area contributed by atoms with Crippen molar-refractivity contribution in [2.24, 2.45) is 5.92 Å². The van der Waals surface area contributed by atoms with Crippen LogP contribution < -0.4 is 11.4 Å². The zero-order valence-electron chi connectivity index (χ0n) is 43.4. The third-order valence-corrected chi connectivity index (χ3v) is 14.8. The van der Waals surface area contributed by atoms with Gasteiger partial charge in [-0.1, -0.05) is 167 Å². The standard InChI is InChI=1S/C51H89N3O16P2/c1-4-5-6-7-17-22-27-32-42(55)33-28-23-20-25-29-34-46(56)65-38-43(68-47(57)35-30-24-19-16-14-12-10-8-9-11-13-15-18-21-26-31-41(2)3)39-66-71(61,62)70-72(63,64)67-40-44-48(58)49(59)50(69-44)54-37-36-45(52)53-51(54)60/h17,22,27,32,36-37,41,43-44,48-50,58-59H,4-16,18-21,23-26,28-31,33-35,38-40H2,1-3H3,(H,61,62)(H,63,64)(H2,52,53,60)/b22-17-,32-27+/t43-,44-,48-,49-,50-/m1/s1. The van der Waals surface area contributed by atoms with Crippen LogP contribution in [0.5, 0.6) is 0 Å². The molecule has 0 spiro atoms. The van der Waals surface area contributed by atoms with Crippen molar-refractivity contribution in [3.05, 3.63) is 47.1 Å². The first-order valence-electron chi connectivity index (χ1n) is 26.7. The number of phosphoric ester groups is 2. The van der Waals surface area contributed by atoms with Crippen molar-refractivity contribution in [1.82, 2.24) is 9.55 Å². The molecule has 0 radical (unpaired) electrons. The second-order valence-corrected chi connectivity index (χ2v) is 22.3. The fourth-order valence-corrected chi connectivity index (χ4v) is 10.1. The molecule has 0 aromatic carbocycles. The van der Waals surface area contributed by atoms with Gasteiger partial charge >= 0.3 is 33.3 Å². The van der Waals surface area contributed by atoms with Crippen molar-refractivity contribution in [2.75, 3.05) is 25.6 Å². The minimum absolute atomic E-state index is 0.0291. The number of ether oxygens (including phenoxy) is 3. The highest BCUT2D eigenvalue weighted by Gasteiger charge is 2.46. The molecule has 2 unspecified atom stereocenters. The SMILES string of the molecule is CCCCC/C=C\C=C\C(=O)CCCCCCCC(=O)OC[C@H](COP(=O)(O)OP(=O)(O)OC[C@H]1O[C@@H](n2ccc(N)nc2=O)[C@H](O)[C@@H]1O)OC(=O)CCCCCCCCCCCCCCCCCC(C)C. The number of phosphoric acid groups is 2. The summed E-state index contributed by atoms with van der Waals surface area (Å²) in [5.74, 6) is -0.527. The van der Waals surface area contributed by atoms with E-state index in [0.717, 1.165) is 74.5 Å². The number of rotatable bonds is 44. The fourth-order valence-electron chi connectivity index (χ4n) is 8.01. The van der Waals surface area contributed by atoms with Gasteiger partial charge in [0, 0.05) is 25.5 Å². The maximum Gasteiger partial charge on any atom is 0.481 e. The van der Waals surface area contributed by atoms with Crippen LogP contribution in [0.2, 0.25) is 0 Å². The molecule has 72 heavy (non-hydrogen) atoms. The van der Waals surface area contributed by atoms with E-state index in [1.54, 1.807) is 12.2 Å². The number of nitrogens with zero attached hydrogens (tertiary/aromatic N) is 2. The van der Waals surface area contributed by atoms with E-state index in [-0.39, 0.29) is 24.4 Å². The van der Waals surface area contributed by atoms with Crippen LogP contribution >= 0.6 is 15.6 Å². The summed E-state index contributed by atoms with van der Waals surface area (Å²) in [6.07, 6.45) is 27.9. The Morgan fingerprint density at radius 1 is 0.736 bits per heavy atom. The van der Waals surface area contributed by atoms with Gasteiger partial charge in [-0.25, -0.2) is 13.9 Å². The molecule has 1 saturated heterocycles. The molecule has 414 valence electrons. The Balaban J connectivity index is 1.80. The molecule has 1 aromatic rings. The number of hydrogen-bond donors (Lipinski definition) is 5. The molecule has 0 amide bonds. The van der Waals surface area contributed by atoms with E-state index in [1.807, 2.05) is 6.08 Å². The molecule has 21 heteroatoms. The van der Waals surface area contributed by atoms with Gasteiger partial charge in [-0.3, -0.25) is 28.0 Å². The highest BCUT2D eigenvalue weighted by Crippen LogP contribution is 2.60. The number of aromatic nitrogens is 2. The molecule has 19 nitrogen and oxygen atoms in total. The lowest BCUT2D eigenvalue weighted by Gasteiger charge is -2.21. The average Bonchev–Trinajstić information content (AvgIpc) is 3.60. The lowest BCUT2D eigenvalue weighted by molar-refractivity contribution is -0.161. The number of anilines is 1. The van der Waals surface area contributed by atoms with Crippen LogP contribution in [-0.2, 0) is 51.1 Å². The number of nitrogen functional groups attached to an aromatic ring is 1. The number of aliphatic hydroxyl groups excluding tert-OH is 2. The molecular formula is C51H89N3O16P2.